The van der Waals surface area contributed by atoms with Gasteiger partial charge in [-0.3, -0.25) is 14.9 Å². The van der Waals surface area contributed by atoms with Gasteiger partial charge >= 0.3 is 0 Å². The minimum Gasteiger partial charge on any atom is -0.508 e. The molecule has 1 aliphatic rings. The number of benzene rings is 2. The number of amidine groups is 1. The van der Waals surface area contributed by atoms with Crippen LogP contribution in [0.5, 0.6) is 5.75 Å². The van der Waals surface area contributed by atoms with Crippen molar-refractivity contribution in [1.29, 1.82) is 0 Å². The normalized spacial score (nSPS) is 14.8. The smallest absolute Gasteiger partial charge is 0.286 e. The fraction of sp³-hybridized carbons (Fsp3) is 0.0476. The lowest BCUT2D eigenvalue weighted by Gasteiger charge is -2.17. The van der Waals surface area contributed by atoms with E-state index in [4.69, 9.17) is 4.42 Å². The number of amides is 1. The molecule has 0 unspecified atom stereocenters. The number of hydrogen-bond donors (Lipinski definition) is 1. The van der Waals surface area contributed by atoms with Gasteiger partial charge in [0.1, 0.15) is 17.3 Å². The van der Waals surface area contributed by atoms with E-state index in [0.29, 0.717) is 27.2 Å². The molecule has 150 valence electrons. The minimum absolute atomic E-state index is 0.0569. The Hall–Kier alpha value is -3.85. The summed E-state index contributed by atoms with van der Waals surface area (Å²) in [5, 5.41) is 21.1. The summed E-state index contributed by atoms with van der Waals surface area (Å²) in [6.07, 6.45) is 1.56. The van der Waals surface area contributed by atoms with Gasteiger partial charge in [0.05, 0.1) is 15.4 Å². The molecule has 1 aliphatic heterocycles. The molecule has 0 spiro atoms. The van der Waals surface area contributed by atoms with Crippen molar-refractivity contribution in [2.75, 3.05) is 11.9 Å². The van der Waals surface area contributed by atoms with E-state index in [0.717, 1.165) is 5.69 Å². The van der Waals surface area contributed by atoms with Gasteiger partial charge < -0.3 is 14.4 Å². The van der Waals surface area contributed by atoms with Gasteiger partial charge in [0.15, 0.2) is 5.17 Å². The Labute approximate surface area is 175 Å². The SMILES string of the molecule is CN(C1=NC(=O)C(=Cc2ccc(-c3ccccc3[N+](=O)[O-])o2)S1)c1ccc(O)cc1. The van der Waals surface area contributed by atoms with Crippen molar-refractivity contribution in [2.24, 2.45) is 4.99 Å². The number of aliphatic imine (C=N–C) groups is 1. The number of thioether (sulfide) groups is 1. The molecule has 0 atom stereocenters. The molecule has 2 aromatic carbocycles. The van der Waals surface area contributed by atoms with E-state index >= 15 is 0 Å². The lowest BCUT2D eigenvalue weighted by molar-refractivity contribution is -0.384. The second kappa shape index (κ2) is 7.88. The maximum atomic E-state index is 12.3. The molecule has 1 amide bonds. The second-order valence-corrected chi connectivity index (χ2v) is 7.37. The van der Waals surface area contributed by atoms with Crippen LogP contribution in [-0.4, -0.2) is 28.2 Å². The molecule has 8 nitrogen and oxygen atoms in total. The average molecular weight is 421 g/mol. The third kappa shape index (κ3) is 3.83. The first-order valence-corrected chi connectivity index (χ1v) is 9.63. The molecular weight excluding hydrogens is 406 g/mol. The zero-order chi connectivity index (χ0) is 21.3. The lowest BCUT2D eigenvalue weighted by atomic mass is 10.1. The number of aromatic hydroxyl groups is 1. The summed E-state index contributed by atoms with van der Waals surface area (Å²) >= 11 is 1.19. The van der Waals surface area contributed by atoms with E-state index in [9.17, 15) is 20.0 Å². The predicted octanol–water partition coefficient (Wildman–Crippen LogP) is 4.67. The first kappa shape index (κ1) is 19.5. The fourth-order valence-corrected chi connectivity index (χ4v) is 3.75. The van der Waals surface area contributed by atoms with Crippen LogP contribution < -0.4 is 4.90 Å². The Balaban J connectivity index is 1.55. The van der Waals surface area contributed by atoms with Gasteiger partial charge in [0, 0.05) is 24.9 Å². The molecule has 4 rings (SSSR count). The Kier molecular flexibility index (Phi) is 5.11. The van der Waals surface area contributed by atoms with E-state index in [1.807, 2.05) is 0 Å². The summed E-state index contributed by atoms with van der Waals surface area (Å²) in [6.45, 7) is 0. The number of anilines is 1. The highest BCUT2D eigenvalue weighted by molar-refractivity contribution is 8.18. The number of phenols is 1. The zero-order valence-corrected chi connectivity index (χ0v) is 16.5. The van der Waals surface area contributed by atoms with E-state index in [-0.39, 0.29) is 11.4 Å². The number of para-hydroxylation sites is 1. The average Bonchev–Trinajstić information content (AvgIpc) is 3.35. The van der Waals surface area contributed by atoms with Crippen LogP contribution in [0.1, 0.15) is 5.76 Å². The molecule has 2 heterocycles. The topological polar surface area (TPSA) is 109 Å². The van der Waals surface area contributed by atoms with Crippen LogP contribution in [0.25, 0.3) is 17.4 Å². The quantitative estimate of drug-likeness (QED) is 0.370. The van der Waals surface area contributed by atoms with Crippen molar-refractivity contribution in [3.05, 3.63) is 81.4 Å². The Morgan fingerprint density at radius 2 is 1.87 bits per heavy atom. The molecule has 3 aromatic rings. The molecule has 0 fully saturated rings. The molecular formula is C21H15N3O5S. The number of nitro benzene ring substituents is 1. The van der Waals surface area contributed by atoms with E-state index in [1.165, 1.54) is 17.8 Å². The standard InChI is InChI=1S/C21H15N3O5S/c1-23(13-6-8-14(25)9-7-13)21-22-20(26)19(30-21)12-15-10-11-18(29-15)16-4-2-3-5-17(16)24(27)28/h2-12,25H,1H3. The third-order valence-electron chi connectivity index (χ3n) is 4.40. The van der Waals surface area contributed by atoms with Gasteiger partial charge in [0.2, 0.25) is 0 Å². The number of hydrogen-bond acceptors (Lipinski definition) is 7. The lowest BCUT2D eigenvalue weighted by Crippen LogP contribution is -2.21. The van der Waals surface area contributed by atoms with Crippen molar-refractivity contribution >= 4 is 40.3 Å². The van der Waals surface area contributed by atoms with Gasteiger partial charge in [-0.25, -0.2) is 0 Å². The highest BCUT2D eigenvalue weighted by Gasteiger charge is 2.26. The third-order valence-corrected chi connectivity index (χ3v) is 5.46. The van der Waals surface area contributed by atoms with E-state index < -0.39 is 10.8 Å². The minimum atomic E-state index is -0.467. The molecule has 0 saturated heterocycles. The number of furan rings is 1. The highest BCUT2D eigenvalue weighted by Crippen LogP contribution is 2.35. The predicted molar refractivity (Wildman–Crippen MR) is 115 cm³/mol. The number of phenolic OH excluding ortho intramolecular Hbond substituents is 1. The second-order valence-electron chi connectivity index (χ2n) is 6.36. The van der Waals surface area contributed by atoms with Crippen molar-refractivity contribution in [1.82, 2.24) is 0 Å². The molecule has 1 N–H and O–H groups in total. The Bertz CT molecular complexity index is 1200. The largest absolute Gasteiger partial charge is 0.508 e. The van der Waals surface area contributed by atoms with Crippen LogP contribution in [0.3, 0.4) is 0 Å². The van der Waals surface area contributed by atoms with Gasteiger partial charge in [-0.05, 0) is 54.2 Å². The molecule has 9 heteroatoms. The maximum Gasteiger partial charge on any atom is 0.286 e. The molecule has 0 radical (unpaired) electrons. The first-order valence-electron chi connectivity index (χ1n) is 8.81. The number of nitro groups is 1. The maximum absolute atomic E-state index is 12.3. The number of rotatable bonds is 4. The van der Waals surface area contributed by atoms with Crippen LogP contribution in [0.2, 0.25) is 0 Å². The van der Waals surface area contributed by atoms with Crippen molar-refractivity contribution < 1.29 is 19.2 Å². The summed E-state index contributed by atoms with van der Waals surface area (Å²) in [5.74, 6) is 0.482. The number of carbonyl (C=O) groups excluding carboxylic acids is 1. The van der Waals surface area contributed by atoms with Crippen LogP contribution in [0.15, 0.2) is 75.0 Å². The number of nitrogens with zero attached hydrogens (tertiary/aromatic N) is 3. The van der Waals surface area contributed by atoms with Crippen LogP contribution >= 0.6 is 11.8 Å². The fourth-order valence-electron chi connectivity index (χ4n) is 2.87. The Morgan fingerprint density at radius 1 is 1.13 bits per heavy atom. The van der Waals surface area contributed by atoms with Crippen molar-refractivity contribution in [3.8, 4) is 17.1 Å². The van der Waals surface area contributed by atoms with Crippen LogP contribution in [-0.2, 0) is 4.79 Å². The van der Waals surface area contributed by atoms with Crippen molar-refractivity contribution in [3.63, 3.8) is 0 Å². The van der Waals surface area contributed by atoms with Gasteiger partial charge in [-0.15, -0.1) is 0 Å². The monoisotopic (exact) mass is 421 g/mol. The molecule has 0 bridgehead atoms. The van der Waals surface area contributed by atoms with Gasteiger partial charge in [0.25, 0.3) is 11.6 Å². The summed E-state index contributed by atoms with van der Waals surface area (Å²) in [4.78, 5) is 29.3. The highest BCUT2D eigenvalue weighted by atomic mass is 32.2. The first-order chi connectivity index (χ1) is 14.4. The molecule has 1 aromatic heterocycles. The molecule has 0 aliphatic carbocycles. The summed E-state index contributed by atoms with van der Waals surface area (Å²) < 4.78 is 5.73. The Morgan fingerprint density at radius 3 is 2.60 bits per heavy atom. The van der Waals surface area contributed by atoms with E-state index in [1.54, 1.807) is 72.6 Å². The summed E-state index contributed by atoms with van der Waals surface area (Å²) in [5.41, 5.74) is 1.07. The zero-order valence-electron chi connectivity index (χ0n) is 15.7. The number of carbonyl (C=O) groups is 1. The van der Waals surface area contributed by atoms with E-state index in [2.05, 4.69) is 4.99 Å². The molecule has 0 saturated carbocycles. The van der Waals surface area contributed by atoms with Gasteiger partial charge in [-0.1, -0.05) is 12.1 Å². The van der Waals surface area contributed by atoms with Crippen LogP contribution in [0.4, 0.5) is 11.4 Å². The summed E-state index contributed by atoms with van der Waals surface area (Å²) in [6, 6.07) is 16.1. The van der Waals surface area contributed by atoms with Gasteiger partial charge in [-0.2, -0.15) is 4.99 Å². The summed E-state index contributed by atoms with van der Waals surface area (Å²) in [7, 11) is 1.77. The molecule has 30 heavy (non-hydrogen) atoms. The van der Waals surface area contributed by atoms with Crippen LogP contribution in [0, 0.1) is 10.1 Å². The van der Waals surface area contributed by atoms with Crippen molar-refractivity contribution in [2.45, 2.75) is 0 Å².